The molecule has 0 unspecified atom stereocenters. The Hall–Kier alpha value is -2.28. The SMILES string of the molecule is O=C(Cc1ccc(F)cc1)N1CCC[C@@H](OCc2nc(C3CC3)no2)C1. The summed E-state index contributed by atoms with van der Waals surface area (Å²) in [7, 11) is 0. The zero-order valence-electron chi connectivity index (χ0n) is 14.6. The number of nitrogens with zero attached hydrogens (tertiary/aromatic N) is 3. The van der Waals surface area contributed by atoms with Crippen LogP contribution in [-0.2, 0) is 22.6 Å². The van der Waals surface area contributed by atoms with E-state index in [1.165, 1.54) is 12.1 Å². The lowest BCUT2D eigenvalue weighted by Gasteiger charge is -2.32. The second-order valence-corrected chi connectivity index (χ2v) is 7.04. The van der Waals surface area contributed by atoms with Gasteiger partial charge in [-0.1, -0.05) is 17.3 Å². The topological polar surface area (TPSA) is 68.5 Å². The molecule has 0 N–H and O–H groups in total. The highest BCUT2D eigenvalue weighted by Crippen LogP contribution is 2.38. The molecule has 2 aliphatic rings. The lowest BCUT2D eigenvalue weighted by Crippen LogP contribution is -2.43. The van der Waals surface area contributed by atoms with Gasteiger partial charge in [0.05, 0.1) is 12.5 Å². The number of hydrogen-bond acceptors (Lipinski definition) is 5. The van der Waals surface area contributed by atoms with Crippen LogP contribution in [0.4, 0.5) is 4.39 Å². The largest absolute Gasteiger partial charge is 0.367 e. The van der Waals surface area contributed by atoms with Gasteiger partial charge in [-0.3, -0.25) is 4.79 Å². The van der Waals surface area contributed by atoms with Crippen molar-refractivity contribution in [3.05, 3.63) is 47.4 Å². The molecule has 6 nitrogen and oxygen atoms in total. The number of carbonyl (C=O) groups is 1. The molecule has 4 rings (SSSR count). The van der Waals surface area contributed by atoms with Crippen molar-refractivity contribution >= 4 is 5.91 Å². The van der Waals surface area contributed by atoms with Crippen LogP contribution in [0.5, 0.6) is 0 Å². The van der Waals surface area contributed by atoms with Crippen LogP contribution in [0.15, 0.2) is 28.8 Å². The van der Waals surface area contributed by atoms with Crippen molar-refractivity contribution in [2.75, 3.05) is 13.1 Å². The molecule has 1 saturated carbocycles. The molecule has 1 atom stereocenters. The summed E-state index contributed by atoms with van der Waals surface area (Å²) in [5, 5.41) is 3.98. The van der Waals surface area contributed by atoms with Gasteiger partial charge in [0.2, 0.25) is 5.91 Å². The normalized spacial score (nSPS) is 20.3. The summed E-state index contributed by atoms with van der Waals surface area (Å²) in [6.07, 6.45) is 4.32. The average molecular weight is 359 g/mol. The molecule has 26 heavy (non-hydrogen) atoms. The summed E-state index contributed by atoms with van der Waals surface area (Å²) < 4.78 is 24.1. The van der Waals surface area contributed by atoms with Crippen LogP contribution in [0.25, 0.3) is 0 Å². The van der Waals surface area contributed by atoms with Crippen molar-refractivity contribution < 1.29 is 18.4 Å². The highest BCUT2D eigenvalue weighted by atomic mass is 19.1. The van der Waals surface area contributed by atoms with Crippen molar-refractivity contribution in [3.63, 3.8) is 0 Å². The van der Waals surface area contributed by atoms with Gasteiger partial charge < -0.3 is 14.2 Å². The smallest absolute Gasteiger partial charge is 0.252 e. The van der Waals surface area contributed by atoms with E-state index in [1.807, 2.05) is 4.90 Å². The highest BCUT2D eigenvalue weighted by molar-refractivity contribution is 5.78. The van der Waals surface area contributed by atoms with E-state index in [9.17, 15) is 9.18 Å². The maximum atomic E-state index is 13.0. The van der Waals surface area contributed by atoms with Crippen molar-refractivity contribution in [2.45, 2.75) is 50.7 Å². The van der Waals surface area contributed by atoms with Crippen molar-refractivity contribution in [1.82, 2.24) is 15.0 Å². The Morgan fingerprint density at radius 3 is 2.85 bits per heavy atom. The Balaban J connectivity index is 1.27. The van der Waals surface area contributed by atoms with Crippen LogP contribution in [0.2, 0.25) is 0 Å². The number of benzene rings is 1. The van der Waals surface area contributed by atoms with Gasteiger partial charge in [-0.05, 0) is 43.4 Å². The molecule has 138 valence electrons. The van der Waals surface area contributed by atoms with E-state index >= 15 is 0 Å². The molecule has 1 aliphatic carbocycles. The fourth-order valence-corrected chi connectivity index (χ4v) is 3.21. The molecule has 2 aromatic rings. The molecular formula is C19H22FN3O3. The summed E-state index contributed by atoms with van der Waals surface area (Å²) in [5.41, 5.74) is 0.818. The monoisotopic (exact) mass is 359 g/mol. The third-order valence-corrected chi connectivity index (χ3v) is 4.87. The lowest BCUT2D eigenvalue weighted by molar-refractivity contribution is -0.135. The zero-order valence-corrected chi connectivity index (χ0v) is 14.6. The third kappa shape index (κ3) is 4.27. The maximum Gasteiger partial charge on any atom is 0.252 e. The lowest BCUT2D eigenvalue weighted by atomic mass is 10.1. The zero-order chi connectivity index (χ0) is 17.9. The molecule has 1 saturated heterocycles. The Morgan fingerprint density at radius 1 is 1.27 bits per heavy atom. The molecule has 1 aromatic heterocycles. The van der Waals surface area contributed by atoms with Crippen molar-refractivity contribution in [3.8, 4) is 0 Å². The summed E-state index contributed by atoms with van der Waals surface area (Å²) in [4.78, 5) is 18.7. The molecular weight excluding hydrogens is 337 g/mol. The molecule has 7 heteroatoms. The van der Waals surface area contributed by atoms with Crippen LogP contribution < -0.4 is 0 Å². The standard InChI is InChI=1S/C19H22FN3O3/c20-15-7-3-13(4-8-15)10-18(24)23-9-1-2-16(11-23)25-12-17-21-19(22-26-17)14-5-6-14/h3-4,7-8,14,16H,1-2,5-6,9-12H2/t16-/m1/s1. The fourth-order valence-electron chi connectivity index (χ4n) is 3.21. The second-order valence-electron chi connectivity index (χ2n) is 7.04. The third-order valence-electron chi connectivity index (χ3n) is 4.87. The summed E-state index contributed by atoms with van der Waals surface area (Å²) in [5.74, 6) is 1.49. The van der Waals surface area contributed by atoms with Crippen LogP contribution in [0.1, 0.15) is 48.9 Å². The first-order chi connectivity index (χ1) is 12.7. The maximum absolute atomic E-state index is 13.0. The number of hydrogen-bond donors (Lipinski definition) is 0. The van der Waals surface area contributed by atoms with Gasteiger partial charge in [0, 0.05) is 19.0 Å². The molecule has 2 fully saturated rings. The summed E-state index contributed by atoms with van der Waals surface area (Å²) in [6, 6.07) is 6.06. The van der Waals surface area contributed by atoms with Crippen molar-refractivity contribution in [1.29, 1.82) is 0 Å². The number of carbonyl (C=O) groups excluding carboxylic acids is 1. The number of piperidine rings is 1. The number of likely N-dealkylation sites (tertiary alicyclic amines) is 1. The van der Waals surface area contributed by atoms with Gasteiger partial charge in [-0.15, -0.1) is 0 Å². The second kappa shape index (κ2) is 7.53. The number of ether oxygens (including phenoxy) is 1. The predicted molar refractivity (Wildman–Crippen MR) is 90.8 cm³/mol. The van der Waals surface area contributed by atoms with E-state index in [-0.39, 0.29) is 30.9 Å². The minimum absolute atomic E-state index is 0.0304. The number of halogens is 1. The molecule has 1 aliphatic heterocycles. The Bertz CT molecular complexity index is 758. The van der Waals surface area contributed by atoms with E-state index in [0.717, 1.165) is 43.6 Å². The van der Waals surface area contributed by atoms with Gasteiger partial charge in [-0.2, -0.15) is 4.98 Å². The first-order valence-electron chi connectivity index (χ1n) is 9.13. The Labute approximate surface area is 151 Å². The van der Waals surface area contributed by atoms with Crippen LogP contribution in [0, 0.1) is 5.82 Å². The molecule has 1 amide bonds. The number of rotatable bonds is 6. The van der Waals surface area contributed by atoms with Gasteiger partial charge >= 0.3 is 0 Å². The van der Waals surface area contributed by atoms with E-state index in [1.54, 1.807) is 12.1 Å². The number of aromatic nitrogens is 2. The quantitative estimate of drug-likeness (QED) is 0.793. The van der Waals surface area contributed by atoms with Crippen molar-refractivity contribution in [2.24, 2.45) is 0 Å². The van der Waals surface area contributed by atoms with Gasteiger partial charge in [0.15, 0.2) is 5.82 Å². The van der Waals surface area contributed by atoms with E-state index in [2.05, 4.69) is 10.1 Å². The minimum atomic E-state index is -0.293. The van der Waals surface area contributed by atoms with E-state index in [0.29, 0.717) is 18.4 Å². The first kappa shape index (κ1) is 17.1. The molecule has 0 spiro atoms. The van der Waals surface area contributed by atoms with Gasteiger partial charge in [0.25, 0.3) is 5.89 Å². The summed E-state index contributed by atoms with van der Waals surface area (Å²) >= 11 is 0. The Kier molecular flexibility index (Phi) is 4.97. The number of amides is 1. The minimum Gasteiger partial charge on any atom is -0.367 e. The first-order valence-corrected chi connectivity index (χ1v) is 9.13. The summed E-state index contributed by atoms with van der Waals surface area (Å²) in [6.45, 7) is 1.57. The van der Waals surface area contributed by atoms with Gasteiger partial charge in [-0.25, -0.2) is 4.39 Å². The molecule has 1 aromatic carbocycles. The van der Waals surface area contributed by atoms with E-state index in [4.69, 9.17) is 9.26 Å². The average Bonchev–Trinajstić information content (AvgIpc) is 3.40. The van der Waals surface area contributed by atoms with Gasteiger partial charge in [0.1, 0.15) is 12.4 Å². The fraction of sp³-hybridized carbons (Fsp3) is 0.526. The predicted octanol–water partition coefficient (Wildman–Crippen LogP) is 2.84. The molecule has 0 bridgehead atoms. The van der Waals surface area contributed by atoms with Crippen LogP contribution >= 0.6 is 0 Å². The Morgan fingerprint density at radius 2 is 2.08 bits per heavy atom. The van der Waals surface area contributed by atoms with E-state index < -0.39 is 0 Å². The molecule has 0 radical (unpaired) electrons. The van der Waals surface area contributed by atoms with Crippen LogP contribution in [0.3, 0.4) is 0 Å². The molecule has 2 heterocycles. The van der Waals surface area contributed by atoms with Crippen LogP contribution in [-0.4, -0.2) is 40.1 Å². The highest BCUT2D eigenvalue weighted by Gasteiger charge is 2.29.